The summed E-state index contributed by atoms with van der Waals surface area (Å²) in [6, 6.07) is 0. The van der Waals surface area contributed by atoms with Crippen LogP contribution in [0.3, 0.4) is 0 Å². The fourth-order valence-electron chi connectivity index (χ4n) is 1.14. The van der Waals surface area contributed by atoms with E-state index >= 15 is 0 Å². The van der Waals surface area contributed by atoms with Gasteiger partial charge in [-0.3, -0.25) is 9.13 Å². The highest BCUT2D eigenvalue weighted by Gasteiger charge is 2.30. The SMILES string of the molecule is CCCCCNC(C=C(O)P(=O)(O)O)P(=O)(O)O. The zero-order valence-corrected chi connectivity index (χ0v) is 11.7. The van der Waals surface area contributed by atoms with Gasteiger partial charge in [-0.1, -0.05) is 19.8 Å². The molecular formula is C8H19NO7P2. The summed E-state index contributed by atoms with van der Waals surface area (Å²) >= 11 is 0. The highest BCUT2D eigenvalue weighted by atomic mass is 31.2. The van der Waals surface area contributed by atoms with Crippen molar-refractivity contribution in [2.24, 2.45) is 0 Å². The lowest BCUT2D eigenvalue weighted by Gasteiger charge is -2.17. The molecule has 0 radical (unpaired) electrons. The number of aliphatic hydroxyl groups excluding tert-OH is 1. The Labute approximate surface area is 105 Å². The molecular weight excluding hydrogens is 284 g/mol. The van der Waals surface area contributed by atoms with Crippen molar-refractivity contribution in [3.63, 3.8) is 0 Å². The normalized spacial score (nSPS) is 15.7. The number of aliphatic hydroxyl groups is 1. The Balaban J connectivity index is 4.72. The van der Waals surface area contributed by atoms with Crippen LogP contribution >= 0.6 is 15.2 Å². The van der Waals surface area contributed by atoms with Crippen LogP contribution in [0.2, 0.25) is 0 Å². The van der Waals surface area contributed by atoms with Gasteiger partial charge in [-0.2, -0.15) is 0 Å². The molecule has 0 bridgehead atoms. The van der Waals surface area contributed by atoms with Crippen LogP contribution in [0.5, 0.6) is 0 Å². The summed E-state index contributed by atoms with van der Waals surface area (Å²) in [7, 11) is -9.53. The molecule has 10 heteroatoms. The molecule has 6 N–H and O–H groups in total. The minimum Gasteiger partial charge on any atom is -0.501 e. The van der Waals surface area contributed by atoms with E-state index in [1.807, 2.05) is 6.92 Å². The minimum atomic E-state index is -4.89. The van der Waals surface area contributed by atoms with Gasteiger partial charge in [0.05, 0.1) is 0 Å². The molecule has 0 aliphatic carbocycles. The summed E-state index contributed by atoms with van der Waals surface area (Å²) in [5.74, 6) is -1.61. The van der Waals surface area contributed by atoms with Crippen molar-refractivity contribution in [2.45, 2.75) is 32.0 Å². The number of nitrogens with one attached hydrogen (secondary N) is 1. The van der Waals surface area contributed by atoms with Crippen LogP contribution < -0.4 is 5.32 Å². The number of rotatable bonds is 8. The maximum Gasteiger partial charge on any atom is 0.390 e. The molecule has 1 atom stereocenters. The largest absolute Gasteiger partial charge is 0.501 e. The molecule has 0 saturated carbocycles. The molecule has 0 aromatic rings. The van der Waals surface area contributed by atoms with E-state index < -0.39 is 26.5 Å². The Morgan fingerprint density at radius 2 is 1.78 bits per heavy atom. The Morgan fingerprint density at radius 1 is 1.22 bits per heavy atom. The van der Waals surface area contributed by atoms with Crippen LogP contribution in [0.1, 0.15) is 26.2 Å². The Bertz CT molecular complexity index is 372. The summed E-state index contributed by atoms with van der Waals surface area (Å²) in [5.41, 5.74) is -1.35. The van der Waals surface area contributed by atoms with Crippen LogP contribution in [0.25, 0.3) is 0 Å². The summed E-state index contributed by atoms with van der Waals surface area (Å²) in [6.07, 6.45) is 2.91. The van der Waals surface area contributed by atoms with Gasteiger partial charge in [-0.25, -0.2) is 0 Å². The molecule has 0 spiro atoms. The van der Waals surface area contributed by atoms with Crippen LogP contribution in [0, 0.1) is 0 Å². The molecule has 108 valence electrons. The second-order valence-corrected chi connectivity index (χ2v) is 7.04. The summed E-state index contributed by atoms with van der Waals surface area (Å²) in [5, 5.41) is 11.5. The van der Waals surface area contributed by atoms with E-state index in [-0.39, 0.29) is 6.54 Å². The third-order valence-corrected chi connectivity index (χ3v) is 3.90. The van der Waals surface area contributed by atoms with Gasteiger partial charge in [0.2, 0.25) is 5.50 Å². The highest BCUT2D eigenvalue weighted by molar-refractivity contribution is 7.56. The fourth-order valence-corrected chi connectivity index (χ4v) is 2.30. The lowest BCUT2D eigenvalue weighted by atomic mass is 10.2. The van der Waals surface area contributed by atoms with E-state index in [4.69, 9.17) is 24.7 Å². The third-order valence-electron chi connectivity index (χ3n) is 2.10. The minimum absolute atomic E-state index is 0.272. The van der Waals surface area contributed by atoms with Crippen molar-refractivity contribution in [3.8, 4) is 0 Å². The van der Waals surface area contributed by atoms with Crippen molar-refractivity contribution >= 4 is 15.2 Å². The molecule has 8 nitrogen and oxygen atoms in total. The van der Waals surface area contributed by atoms with E-state index in [0.29, 0.717) is 12.5 Å². The van der Waals surface area contributed by atoms with Crippen LogP contribution in [0.4, 0.5) is 0 Å². The Morgan fingerprint density at radius 3 is 2.17 bits per heavy atom. The first kappa shape index (κ1) is 17.8. The van der Waals surface area contributed by atoms with Crippen LogP contribution in [-0.2, 0) is 9.13 Å². The summed E-state index contributed by atoms with van der Waals surface area (Å²) in [6.45, 7) is 2.23. The monoisotopic (exact) mass is 303 g/mol. The van der Waals surface area contributed by atoms with E-state index in [9.17, 15) is 9.13 Å². The standard InChI is InChI=1S/C8H19NO7P2/c1-2-3-4-5-9-7(17(11,12)13)6-8(10)18(14,15)16/h6-7,9-10H,2-5H2,1H3,(H2,11,12,13)(H2,14,15,16). The summed E-state index contributed by atoms with van der Waals surface area (Å²) in [4.78, 5) is 35.2. The van der Waals surface area contributed by atoms with Gasteiger partial charge < -0.3 is 30.0 Å². The molecule has 18 heavy (non-hydrogen) atoms. The summed E-state index contributed by atoms with van der Waals surface area (Å²) < 4.78 is 21.7. The molecule has 0 saturated heterocycles. The van der Waals surface area contributed by atoms with Gasteiger partial charge in [-0.05, 0) is 19.0 Å². The predicted octanol–water partition coefficient (Wildman–Crippen LogP) is 0.847. The lowest BCUT2D eigenvalue weighted by Crippen LogP contribution is -2.28. The smallest absolute Gasteiger partial charge is 0.390 e. The van der Waals surface area contributed by atoms with Crippen molar-refractivity contribution < 1.29 is 33.8 Å². The average Bonchev–Trinajstić information content (AvgIpc) is 2.19. The number of hydrogen-bond donors (Lipinski definition) is 6. The van der Waals surface area contributed by atoms with Gasteiger partial charge in [0, 0.05) is 0 Å². The Hall–Kier alpha value is -0.200. The highest BCUT2D eigenvalue weighted by Crippen LogP contribution is 2.47. The van der Waals surface area contributed by atoms with Gasteiger partial charge in [0.15, 0.2) is 0 Å². The van der Waals surface area contributed by atoms with Crippen molar-refractivity contribution in [3.05, 3.63) is 11.6 Å². The fraction of sp³-hybridized carbons (Fsp3) is 0.750. The molecule has 0 amide bonds. The molecule has 0 aromatic carbocycles. The first-order valence-corrected chi connectivity index (χ1v) is 8.64. The third kappa shape index (κ3) is 7.28. The zero-order valence-electron chi connectivity index (χ0n) is 9.93. The van der Waals surface area contributed by atoms with Gasteiger partial charge in [0.1, 0.15) is 5.78 Å². The molecule has 1 unspecified atom stereocenters. The van der Waals surface area contributed by atoms with E-state index in [2.05, 4.69) is 5.32 Å². The molecule has 0 aromatic heterocycles. The first-order chi connectivity index (χ1) is 8.09. The predicted molar refractivity (Wildman–Crippen MR) is 66.1 cm³/mol. The zero-order chi connectivity index (χ0) is 14.4. The Kier molecular flexibility index (Phi) is 7.32. The molecule has 0 fully saturated rings. The lowest BCUT2D eigenvalue weighted by molar-refractivity contribution is 0.332. The molecule has 0 aliphatic heterocycles. The number of unbranched alkanes of at least 4 members (excludes halogenated alkanes) is 2. The first-order valence-electron chi connectivity index (χ1n) is 5.34. The average molecular weight is 303 g/mol. The maximum absolute atomic E-state index is 11.1. The van der Waals surface area contributed by atoms with E-state index in [1.54, 1.807) is 0 Å². The van der Waals surface area contributed by atoms with Crippen molar-refractivity contribution in [1.29, 1.82) is 0 Å². The second-order valence-electron chi connectivity index (χ2n) is 3.76. The maximum atomic E-state index is 11.1. The van der Waals surface area contributed by atoms with E-state index in [1.165, 1.54) is 0 Å². The van der Waals surface area contributed by atoms with Crippen LogP contribution in [0.15, 0.2) is 11.6 Å². The van der Waals surface area contributed by atoms with Gasteiger partial charge in [0.25, 0.3) is 0 Å². The van der Waals surface area contributed by atoms with Crippen LogP contribution in [-0.4, -0.2) is 37.0 Å². The van der Waals surface area contributed by atoms with E-state index in [0.717, 1.165) is 12.8 Å². The van der Waals surface area contributed by atoms with Gasteiger partial charge >= 0.3 is 15.2 Å². The van der Waals surface area contributed by atoms with Crippen molar-refractivity contribution in [1.82, 2.24) is 5.32 Å². The molecule has 0 aliphatic rings. The second kappa shape index (κ2) is 7.40. The number of hydrogen-bond acceptors (Lipinski definition) is 4. The quantitative estimate of drug-likeness (QED) is 0.220. The van der Waals surface area contributed by atoms with Crippen molar-refractivity contribution in [2.75, 3.05) is 6.54 Å². The molecule has 0 rings (SSSR count). The molecule has 0 heterocycles. The topological polar surface area (TPSA) is 147 Å². The van der Waals surface area contributed by atoms with Gasteiger partial charge in [-0.15, -0.1) is 0 Å².